The molecule has 1 aliphatic carbocycles. The van der Waals surface area contributed by atoms with E-state index >= 15 is 0 Å². The zero-order valence-corrected chi connectivity index (χ0v) is 17.6. The van der Waals surface area contributed by atoms with Crippen LogP contribution in [0.1, 0.15) is 45.7 Å². The third-order valence-corrected chi connectivity index (χ3v) is 5.15. The molecular formula is C23H26N2O6. The first kappa shape index (κ1) is 22.5. The maximum Gasteiger partial charge on any atom is 0.328 e. The molecule has 3 rings (SSSR count). The molecule has 31 heavy (non-hydrogen) atoms. The zero-order chi connectivity index (χ0) is 22.5. The first-order chi connectivity index (χ1) is 14.9. The van der Waals surface area contributed by atoms with Crippen LogP contribution >= 0.6 is 0 Å². The number of ether oxygens (including phenoxy) is 1. The minimum atomic E-state index is -0.735. The first-order valence-corrected chi connectivity index (χ1v) is 10.2. The Hall–Kier alpha value is -3.23. The third kappa shape index (κ3) is 4.30. The largest absolute Gasteiger partial charge is 0.464 e. The Morgan fingerprint density at radius 1 is 1.00 bits per heavy atom. The minimum Gasteiger partial charge on any atom is -0.464 e. The maximum atomic E-state index is 13.4. The lowest BCUT2D eigenvalue weighted by atomic mass is 9.82. The number of fused-ring (bicyclic) bond motifs is 2. The van der Waals surface area contributed by atoms with Crippen molar-refractivity contribution in [2.75, 3.05) is 43.1 Å². The van der Waals surface area contributed by atoms with E-state index in [9.17, 15) is 24.6 Å². The van der Waals surface area contributed by atoms with Gasteiger partial charge >= 0.3 is 5.97 Å². The van der Waals surface area contributed by atoms with E-state index in [0.29, 0.717) is 22.5 Å². The molecule has 0 aromatic heterocycles. The molecule has 1 atom stereocenters. The zero-order valence-electron chi connectivity index (χ0n) is 17.6. The number of rotatable bonds is 9. The summed E-state index contributed by atoms with van der Waals surface area (Å²) in [5.41, 5.74) is 1.73. The summed E-state index contributed by atoms with van der Waals surface area (Å²) in [6.07, 6.45) is 0. The van der Waals surface area contributed by atoms with Crippen molar-refractivity contribution < 1.29 is 29.3 Å². The molecule has 0 heterocycles. The van der Waals surface area contributed by atoms with Gasteiger partial charge in [-0.1, -0.05) is 24.3 Å². The van der Waals surface area contributed by atoms with E-state index in [2.05, 4.69) is 5.32 Å². The molecule has 3 N–H and O–H groups in total. The fraction of sp³-hybridized carbons (Fsp3) is 0.348. The van der Waals surface area contributed by atoms with Crippen molar-refractivity contribution in [3.05, 3.63) is 58.7 Å². The minimum absolute atomic E-state index is 0.165. The number of esters is 1. The normalized spacial score (nSPS) is 13.3. The average molecular weight is 426 g/mol. The molecule has 0 radical (unpaired) electrons. The molecule has 164 valence electrons. The van der Waals surface area contributed by atoms with Crippen molar-refractivity contribution in [1.82, 2.24) is 0 Å². The van der Waals surface area contributed by atoms with E-state index in [4.69, 9.17) is 4.74 Å². The number of hydrogen-bond acceptors (Lipinski definition) is 8. The molecule has 8 heteroatoms. The van der Waals surface area contributed by atoms with Gasteiger partial charge in [-0.25, -0.2) is 4.79 Å². The van der Waals surface area contributed by atoms with Gasteiger partial charge in [-0.15, -0.1) is 0 Å². The van der Waals surface area contributed by atoms with Crippen molar-refractivity contribution in [3.63, 3.8) is 0 Å². The van der Waals surface area contributed by atoms with Gasteiger partial charge in [0.1, 0.15) is 6.04 Å². The Bertz CT molecular complexity index is 998. The number of carbonyl (C=O) groups is 3. The van der Waals surface area contributed by atoms with Crippen LogP contribution in [-0.2, 0) is 9.53 Å². The van der Waals surface area contributed by atoms with Crippen molar-refractivity contribution in [1.29, 1.82) is 0 Å². The van der Waals surface area contributed by atoms with Crippen LogP contribution in [0.5, 0.6) is 0 Å². The SMILES string of the molecule is CCOC(=O)[C@H](C)Nc1ccc(N(CCO)CCO)c2c1C(=O)c1ccccc1C2=O. The van der Waals surface area contributed by atoms with Crippen LogP contribution in [0.3, 0.4) is 0 Å². The molecule has 0 fully saturated rings. The molecule has 2 aromatic carbocycles. The lowest BCUT2D eigenvalue weighted by Crippen LogP contribution is -2.34. The number of hydrogen-bond donors (Lipinski definition) is 3. The summed E-state index contributed by atoms with van der Waals surface area (Å²) >= 11 is 0. The van der Waals surface area contributed by atoms with Crippen molar-refractivity contribution in [2.24, 2.45) is 0 Å². The Balaban J connectivity index is 2.17. The molecule has 0 saturated heterocycles. The van der Waals surface area contributed by atoms with Gasteiger partial charge < -0.3 is 25.2 Å². The number of anilines is 2. The van der Waals surface area contributed by atoms with Crippen LogP contribution in [0, 0.1) is 0 Å². The number of nitrogens with one attached hydrogen (secondary N) is 1. The maximum absolute atomic E-state index is 13.4. The average Bonchev–Trinajstić information content (AvgIpc) is 2.77. The van der Waals surface area contributed by atoms with Crippen LogP contribution in [0.4, 0.5) is 11.4 Å². The fourth-order valence-corrected chi connectivity index (χ4v) is 3.74. The highest BCUT2D eigenvalue weighted by atomic mass is 16.5. The summed E-state index contributed by atoms with van der Waals surface area (Å²) in [4.78, 5) is 40.6. The highest BCUT2D eigenvalue weighted by molar-refractivity contribution is 6.32. The molecule has 0 bridgehead atoms. The van der Waals surface area contributed by atoms with Crippen molar-refractivity contribution >= 4 is 28.9 Å². The second-order valence-electron chi connectivity index (χ2n) is 7.14. The highest BCUT2D eigenvalue weighted by Gasteiger charge is 2.35. The van der Waals surface area contributed by atoms with Gasteiger partial charge in [0, 0.05) is 35.6 Å². The summed E-state index contributed by atoms with van der Waals surface area (Å²) in [5, 5.41) is 21.9. The van der Waals surface area contributed by atoms with Gasteiger partial charge in [-0.05, 0) is 26.0 Å². The Labute approximate surface area is 180 Å². The van der Waals surface area contributed by atoms with E-state index in [1.54, 1.807) is 55.1 Å². The molecule has 8 nitrogen and oxygen atoms in total. The Kier molecular flexibility index (Phi) is 7.04. The second kappa shape index (κ2) is 9.72. The van der Waals surface area contributed by atoms with Crippen LogP contribution in [-0.4, -0.2) is 66.7 Å². The summed E-state index contributed by atoms with van der Waals surface area (Å²) in [7, 11) is 0. The number of nitrogens with zero attached hydrogens (tertiary/aromatic N) is 1. The van der Waals surface area contributed by atoms with E-state index in [-0.39, 0.29) is 55.6 Å². The van der Waals surface area contributed by atoms with Gasteiger partial charge in [-0.3, -0.25) is 9.59 Å². The smallest absolute Gasteiger partial charge is 0.328 e. The highest BCUT2D eigenvalue weighted by Crippen LogP contribution is 2.38. The fourth-order valence-electron chi connectivity index (χ4n) is 3.74. The molecule has 2 aromatic rings. The predicted molar refractivity (Wildman–Crippen MR) is 116 cm³/mol. The molecule has 1 aliphatic rings. The topological polar surface area (TPSA) is 116 Å². The summed E-state index contributed by atoms with van der Waals surface area (Å²) in [5.74, 6) is -1.13. The van der Waals surface area contributed by atoms with Crippen molar-refractivity contribution in [2.45, 2.75) is 19.9 Å². The lowest BCUT2D eigenvalue weighted by Gasteiger charge is -2.30. The summed E-state index contributed by atoms with van der Waals surface area (Å²) in [6, 6.07) is 9.14. The van der Waals surface area contributed by atoms with Gasteiger partial charge in [0.05, 0.1) is 30.9 Å². The molecule has 0 saturated carbocycles. The van der Waals surface area contributed by atoms with Gasteiger partial charge in [0.25, 0.3) is 0 Å². The molecule has 0 amide bonds. The number of aliphatic hydroxyl groups excluding tert-OH is 2. The monoisotopic (exact) mass is 426 g/mol. The Morgan fingerprint density at radius 3 is 2.13 bits per heavy atom. The number of ketones is 2. The van der Waals surface area contributed by atoms with Gasteiger partial charge in [0.15, 0.2) is 11.6 Å². The molecule has 0 unspecified atom stereocenters. The molecule has 0 spiro atoms. The van der Waals surface area contributed by atoms with Crippen LogP contribution in [0.2, 0.25) is 0 Å². The second-order valence-corrected chi connectivity index (χ2v) is 7.14. The summed E-state index contributed by atoms with van der Waals surface area (Å²) < 4.78 is 5.03. The number of carbonyl (C=O) groups excluding carboxylic acids is 3. The number of benzene rings is 2. The van der Waals surface area contributed by atoms with Gasteiger partial charge in [-0.2, -0.15) is 0 Å². The van der Waals surface area contributed by atoms with E-state index < -0.39 is 12.0 Å². The molecule has 0 aliphatic heterocycles. The quantitative estimate of drug-likeness (QED) is 0.442. The predicted octanol–water partition coefficient (Wildman–Crippen LogP) is 1.62. The first-order valence-electron chi connectivity index (χ1n) is 10.2. The number of aliphatic hydroxyl groups is 2. The Morgan fingerprint density at radius 2 is 1.58 bits per heavy atom. The van der Waals surface area contributed by atoms with Gasteiger partial charge in [0.2, 0.25) is 0 Å². The standard InChI is InChI=1S/C23H26N2O6/c1-3-31-23(30)14(2)24-17-8-9-18(25(10-12-26)11-13-27)20-19(17)21(28)15-6-4-5-7-16(15)22(20)29/h4-9,14,24,26-27H,3,10-13H2,1-2H3/t14-/m0/s1. The molecular weight excluding hydrogens is 400 g/mol. The van der Waals surface area contributed by atoms with Crippen LogP contribution < -0.4 is 10.2 Å². The van der Waals surface area contributed by atoms with E-state index in [1.807, 2.05) is 0 Å². The van der Waals surface area contributed by atoms with Crippen LogP contribution in [0.25, 0.3) is 0 Å². The third-order valence-electron chi connectivity index (χ3n) is 5.15. The van der Waals surface area contributed by atoms with Crippen molar-refractivity contribution in [3.8, 4) is 0 Å². The van der Waals surface area contributed by atoms with Crippen LogP contribution in [0.15, 0.2) is 36.4 Å². The summed E-state index contributed by atoms with van der Waals surface area (Å²) in [6.45, 7) is 3.54. The van der Waals surface area contributed by atoms with E-state index in [0.717, 1.165) is 0 Å². The van der Waals surface area contributed by atoms with E-state index in [1.165, 1.54) is 0 Å². The lowest BCUT2D eigenvalue weighted by molar-refractivity contribution is -0.143.